The van der Waals surface area contributed by atoms with Crippen LogP contribution in [0.5, 0.6) is 0 Å². The van der Waals surface area contributed by atoms with Gasteiger partial charge in [0.1, 0.15) is 5.76 Å². The molecule has 1 heterocycles. The lowest BCUT2D eigenvalue weighted by Crippen LogP contribution is -2.31. The van der Waals surface area contributed by atoms with Gasteiger partial charge in [0, 0.05) is 5.02 Å². The van der Waals surface area contributed by atoms with E-state index in [-0.39, 0.29) is 17.7 Å². The Morgan fingerprint density at radius 3 is 2.50 bits per heavy atom. The van der Waals surface area contributed by atoms with Gasteiger partial charge in [-0.2, -0.15) is 0 Å². The molecule has 0 saturated carbocycles. The Bertz CT molecular complexity index is 546. The van der Waals surface area contributed by atoms with E-state index in [0.29, 0.717) is 11.6 Å². The first-order valence-electron chi connectivity index (χ1n) is 6.63. The second-order valence-electron chi connectivity index (χ2n) is 5.07. The van der Waals surface area contributed by atoms with Crippen LogP contribution >= 0.6 is 11.6 Å². The molecule has 0 radical (unpaired) electrons. The van der Waals surface area contributed by atoms with Crippen molar-refractivity contribution in [1.82, 2.24) is 5.32 Å². The molecular weight excluding hydrogens is 274 g/mol. The molecule has 1 aromatic carbocycles. The minimum Gasteiger partial charge on any atom is -0.467 e. The first-order chi connectivity index (χ1) is 9.58. The van der Waals surface area contributed by atoms with Gasteiger partial charge >= 0.3 is 0 Å². The number of amides is 1. The molecule has 1 N–H and O–H groups in total. The van der Waals surface area contributed by atoms with E-state index < -0.39 is 0 Å². The molecule has 0 saturated heterocycles. The molecule has 2 rings (SSSR count). The van der Waals surface area contributed by atoms with Gasteiger partial charge in [0.25, 0.3) is 0 Å². The number of furan rings is 1. The van der Waals surface area contributed by atoms with E-state index in [0.717, 1.165) is 11.3 Å². The van der Waals surface area contributed by atoms with E-state index in [1.54, 1.807) is 12.3 Å². The summed E-state index contributed by atoms with van der Waals surface area (Å²) in [7, 11) is 0. The summed E-state index contributed by atoms with van der Waals surface area (Å²) in [6.07, 6.45) is 1.60. The van der Waals surface area contributed by atoms with Gasteiger partial charge in [-0.3, -0.25) is 4.79 Å². The van der Waals surface area contributed by atoms with Crippen LogP contribution in [-0.2, 0) is 11.3 Å². The van der Waals surface area contributed by atoms with Crippen LogP contribution in [0.2, 0.25) is 5.02 Å². The first-order valence-corrected chi connectivity index (χ1v) is 7.01. The highest BCUT2D eigenvalue weighted by Gasteiger charge is 2.24. The fourth-order valence-electron chi connectivity index (χ4n) is 2.21. The number of rotatable bonds is 5. The summed E-state index contributed by atoms with van der Waals surface area (Å²) >= 11 is 5.89. The zero-order chi connectivity index (χ0) is 14.5. The molecule has 20 heavy (non-hydrogen) atoms. The summed E-state index contributed by atoms with van der Waals surface area (Å²) in [5.41, 5.74) is 0.973. The minimum absolute atomic E-state index is 0.00118. The van der Waals surface area contributed by atoms with Gasteiger partial charge in [-0.25, -0.2) is 0 Å². The van der Waals surface area contributed by atoms with Gasteiger partial charge in [-0.15, -0.1) is 0 Å². The Labute approximate surface area is 123 Å². The average molecular weight is 292 g/mol. The third kappa shape index (κ3) is 3.64. The van der Waals surface area contributed by atoms with Crippen molar-refractivity contribution in [3.63, 3.8) is 0 Å². The van der Waals surface area contributed by atoms with Gasteiger partial charge in [0.05, 0.1) is 18.7 Å². The highest BCUT2D eigenvalue weighted by Crippen LogP contribution is 2.26. The lowest BCUT2D eigenvalue weighted by atomic mass is 9.87. The van der Waals surface area contributed by atoms with Crippen molar-refractivity contribution >= 4 is 17.5 Å². The number of carbonyl (C=O) groups is 1. The predicted molar refractivity (Wildman–Crippen MR) is 79.6 cm³/mol. The van der Waals surface area contributed by atoms with E-state index in [1.807, 2.05) is 44.2 Å². The van der Waals surface area contributed by atoms with Crippen LogP contribution in [-0.4, -0.2) is 5.91 Å². The van der Waals surface area contributed by atoms with Crippen molar-refractivity contribution in [3.05, 3.63) is 59.0 Å². The lowest BCUT2D eigenvalue weighted by Gasteiger charge is -2.20. The Hall–Kier alpha value is -1.74. The fourth-order valence-corrected chi connectivity index (χ4v) is 2.33. The van der Waals surface area contributed by atoms with Crippen LogP contribution in [0.15, 0.2) is 47.1 Å². The van der Waals surface area contributed by atoms with Crippen molar-refractivity contribution in [1.29, 1.82) is 0 Å². The van der Waals surface area contributed by atoms with Crippen LogP contribution < -0.4 is 5.32 Å². The van der Waals surface area contributed by atoms with E-state index in [2.05, 4.69) is 5.32 Å². The predicted octanol–water partition coefficient (Wildman–Crippen LogP) is 3.99. The molecule has 0 aliphatic heterocycles. The molecule has 4 heteroatoms. The number of benzene rings is 1. The molecule has 1 atom stereocenters. The van der Waals surface area contributed by atoms with Crippen molar-refractivity contribution < 1.29 is 9.21 Å². The van der Waals surface area contributed by atoms with E-state index in [9.17, 15) is 4.79 Å². The van der Waals surface area contributed by atoms with Crippen LogP contribution in [0.3, 0.4) is 0 Å². The Kier molecular flexibility index (Phi) is 4.85. The van der Waals surface area contributed by atoms with Gasteiger partial charge in [0.15, 0.2) is 0 Å². The number of hydrogen-bond acceptors (Lipinski definition) is 2. The third-order valence-corrected chi connectivity index (χ3v) is 3.45. The quantitative estimate of drug-likeness (QED) is 0.905. The van der Waals surface area contributed by atoms with Gasteiger partial charge < -0.3 is 9.73 Å². The maximum Gasteiger partial charge on any atom is 0.228 e. The highest BCUT2D eigenvalue weighted by atomic mass is 35.5. The summed E-state index contributed by atoms with van der Waals surface area (Å²) in [5.74, 6) is 0.755. The summed E-state index contributed by atoms with van der Waals surface area (Å²) in [6, 6.07) is 11.1. The van der Waals surface area contributed by atoms with Crippen LogP contribution in [0.25, 0.3) is 0 Å². The first kappa shape index (κ1) is 14.7. The van der Waals surface area contributed by atoms with E-state index in [1.165, 1.54) is 0 Å². The van der Waals surface area contributed by atoms with Crippen LogP contribution in [0, 0.1) is 5.92 Å². The SMILES string of the molecule is CC(C)C(C(=O)NCc1ccco1)c1ccc(Cl)cc1. The van der Waals surface area contributed by atoms with Crippen molar-refractivity contribution in [2.45, 2.75) is 26.3 Å². The molecule has 1 aromatic heterocycles. The maximum absolute atomic E-state index is 12.4. The lowest BCUT2D eigenvalue weighted by molar-refractivity contribution is -0.123. The Morgan fingerprint density at radius 2 is 1.95 bits per heavy atom. The molecule has 2 aromatic rings. The monoisotopic (exact) mass is 291 g/mol. The van der Waals surface area contributed by atoms with E-state index in [4.69, 9.17) is 16.0 Å². The number of hydrogen-bond donors (Lipinski definition) is 1. The topological polar surface area (TPSA) is 42.2 Å². The molecule has 0 aliphatic rings. The highest BCUT2D eigenvalue weighted by molar-refractivity contribution is 6.30. The summed E-state index contributed by atoms with van der Waals surface area (Å²) in [4.78, 5) is 12.4. The van der Waals surface area contributed by atoms with Gasteiger partial charge in [-0.1, -0.05) is 37.6 Å². The molecule has 0 aliphatic carbocycles. The van der Waals surface area contributed by atoms with Crippen molar-refractivity contribution in [2.24, 2.45) is 5.92 Å². The Morgan fingerprint density at radius 1 is 1.25 bits per heavy atom. The fraction of sp³-hybridized carbons (Fsp3) is 0.312. The minimum atomic E-state index is -0.192. The molecule has 1 amide bonds. The van der Waals surface area contributed by atoms with Crippen LogP contribution in [0.1, 0.15) is 31.1 Å². The molecule has 0 spiro atoms. The average Bonchev–Trinajstić information content (AvgIpc) is 2.92. The zero-order valence-corrected chi connectivity index (χ0v) is 12.4. The molecule has 0 bridgehead atoms. The molecule has 1 unspecified atom stereocenters. The molecule has 0 fully saturated rings. The maximum atomic E-state index is 12.4. The number of nitrogens with one attached hydrogen (secondary N) is 1. The zero-order valence-electron chi connectivity index (χ0n) is 11.6. The third-order valence-electron chi connectivity index (χ3n) is 3.20. The summed E-state index contributed by atoms with van der Waals surface area (Å²) < 4.78 is 5.21. The second-order valence-corrected chi connectivity index (χ2v) is 5.51. The number of halogens is 1. The largest absolute Gasteiger partial charge is 0.467 e. The molecule has 3 nitrogen and oxygen atoms in total. The van der Waals surface area contributed by atoms with Gasteiger partial charge in [-0.05, 0) is 35.7 Å². The van der Waals surface area contributed by atoms with Crippen molar-refractivity contribution in [2.75, 3.05) is 0 Å². The van der Waals surface area contributed by atoms with E-state index >= 15 is 0 Å². The normalized spacial score (nSPS) is 12.4. The molecular formula is C16H18ClNO2. The van der Waals surface area contributed by atoms with Gasteiger partial charge in [0.2, 0.25) is 5.91 Å². The molecule has 106 valence electrons. The second kappa shape index (κ2) is 6.62. The smallest absolute Gasteiger partial charge is 0.228 e. The number of carbonyl (C=O) groups excluding carboxylic acids is 1. The Balaban J connectivity index is 2.08. The summed E-state index contributed by atoms with van der Waals surface area (Å²) in [6.45, 7) is 4.47. The van der Waals surface area contributed by atoms with Crippen molar-refractivity contribution in [3.8, 4) is 0 Å². The standard InChI is InChI=1S/C16H18ClNO2/c1-11(2)15(12-5-7-13(17)8-6-12)16(19)18-10-14-4-3-9-20-14/h3-9,11,15H,10H2,1-2H3,(H,18,19). The summed E-state index contributed by atoms with van der Waals surface area (Å²) in [5, 5.41) is 3.59. The van der Waals surface area contributed by atoms with Crippen LogP contribution in [0.4, 0.5) is 0 Å².